The van der Waals surface area contributed by atoms with Crippen molar-refractivity contribution >= 4 is 21.9 Å². The van der Waals surface area contributed by atoms with E-state index < -0.39 is 0 Å². The molecular weight excluding hydrogens is 260 g/mol. The zero-order chi connectivity index (χ0) is 11.1. The molecule has 0 heterocycles. The third-order valence-corrected chi connectivity index (χ3v) is 2.36. The molecule has 1 rings (SSSR count). The van der Waals surface area contributed by atoms with Gasteiger partial charge < -0.3 is 9.47 Å². The molecule has 3 nitrogen and oxygen atoms in total. The second kappa shape index (κ2) is 6.45. The fourth-order valence-electron chi connectivity index (χ4n) is 1.06. The van der Waals surface area contributed by atoms with Crippen LogP contribution in [0.3, 0.4) is 0 Å². The third-order valence-electron chi connectivity index (χ3n) is 1.71. The van der Waals surface area contributed by atoms with Crippen LogP contribution in [-0.4, -0.2) is 19.2 Å². The summed E-state index contributed by atoms with van der Waals surface area (Å²) in [5.74, 6) is 0.335. The van der Waals surface area contributed by atoms with Gasteiger partial charge in [0.2, 0.25) is 0 Å². The Bertz CT molecular complexity index is 325. The Hall–Kier alpha value is -1.03. The SMILES string of the molecule is CCOC(=O)COc1cccc(CBr)c1. The van der Waals surface area contributed by atoms with Crippen molar-refractivity contribution in [2.24, 2.45) is 0 Å². The smallest absolute Gasteiger partial charge is 0.344 e. The molecule has 1 aromatic carbocycles. The molecule has 0 saturated heterocycles. The first-order valence-electron chi connectivity index (χ1n) is 4.69. The summed E-state index contributed by atoms with van der Waals surface area (Å²) in [5.41, 5.74) is 1.11. The number of alkyl halides is 1. The first-order valence-corrected chi connectivity index (χ1v) is 5.81. The number of carbonyl (C=O) groups is 1. The van der Waals surface area contributed by atoms with Gasteiger partial charge in [0.15, 0.2) is 6.61 Å². The lowest BCUT2D eigenvalue weighted by atomic mass is 10.2. The number of benzene rings is 1. The normalized spacial score (nSPS) is 9.73. The summed E-state index contributed by atoms with van der Waals surface area (Å²) in [7, 11) is 0. The van der Waals surface area contributed by atoms with Crippen molar-refractivity contribution in [2.75, 3.05) is 13.2 Å². The van der Waals surface area contributed by atoms with Crippen molar-refractivity contribution in [3.63, 3.8) is 0 Å². The first kappa shape index (κ1) is 12.0. The molecule has 0 aliphatic carbocycles. The number of hydrogen-bond acceptors (Lipinski definition) is 3. The van der Waals surface area contributed by atoms with Crippen LogP contribution in [-0.2, 0) is 14.9 Å². The van der Waals surface area contributed by atoms with Gasteiger partial charge >= 0.3 is 5.97 Å². The minimum absolute atomic E-state index is 0.0421. The maximum Gasteiger partial charge on any atom is 0.344 e. The van der Waals surface area contributed by atoms with Crippen molar-refractivity contribution < 1.29 is 14.3 Å². The van der Waals surface area contributed by atoms with Crippen LogP contribution in [0.4, 0.5) is 0 Å². The van der Waals surface area contributed by atoms with Crippen molar-refractivity contribution in [3.05, 3.63) is 29.8 Å². The van der Waals surface area contributed by atoms with Crippen LogP contribution >= 0.6 is 15.9 Å². The molecule has 0 aliphatic heterocycles. The van der Waals surface area contributed by atoms with Crippen LogP contribution in [0.2, 0.25) is 0 Å². The van der Waals surface area contributed by atoms with Crippen molar-refractivity contribution in [3.8, 4) is 5.75 Å². The summed E-state index contributed by atoms with van der Waals surface area (Å²) in [4.78, 5) is 11.0. The van der Waals surface area contributed by atoms with Crippen LogP contribution in [0, 0.1) is 0 Å². The standard InChI is InChI=1S/C11H13BrO3/c1-2-14-11(13)8-15-10-5-3-4-9(6-10)7-12/h3-6H,2,7-8H2,1H3. The summed E-state index contributed by atoms with van der Waals surface area (Å²) in [6.07, 6.45) is 0. The van der Waals surface area contributed by atoms with Gasteiger partial charge in [-0.05, 0) is 24.6 Å². The number of carbonyl (C=O) groups excluding carboxylic acids is 1. The van der Waals surface area contributed by atoms with Crippen LogP contribution < -0.4 is 4.74 Å². The molecule has 0 fully saturated rings. The second-order valence-corrected chi connectivity index (χ2v) is 3.44. The average molecular weight is 273 g/mol. The summed E-state index contributed by atoms with van der Waals surface area (Å²) in [6, 6.07) is 7.56. The highest BCUT2D eigenvalue weighted by Gasteiger charge is 2.02. The quantitative estimate of drug-likeness (QED) is 0.611. The summed E-state index contributed by atoms with van der Waals surface area (Å²) >= 11 is 3.35. The highest BCUT2D eigenvalue weighted by molar-refractivity contribution is 9.08. The predicted molar refractivity (Wildman–Crippen MR) is 61.2 cm³/mol. The molecule has 0 bridgehead atoms. The number of halogens is 1. The third kappa shape index (κ3) is 4.34. The Balaban J connectivity index is 2.46. The molecule has 0 N–H and O–H groups in total. The largest absolute Gasteiger partial charge is 0.482 e. The molecule has 0 aliphatic rings. The molecule has 0 spiro atoms. The van der Waals surface area contributed by atoms with Gasteiger partial charge in [0.05, 0.1) is 6.61 Å². The maximum atomic E-state index is 11.0. The van der Waals surface area contributed by atoms with Gasteiger partial charge in [-0.25, -0.2) is 4.79 Å². The van der Waals surface area contributed by atoms with E-state index in [1.807, 2.05) is 24.3 Å². The van der Waals surface area contributed by atoms with Gasteiger partial charge in [-0.1, -0.05) is 28.1 Å². The molecule has 82 valence electrons. The molecule has 0 amide bonds. The fourth-order valence-corrected chi connectivity index (χ4v) is 1.41. The van der Waals surface area contributed by atoms with E-state index in [4.69, 9.17) is 9.47 Å². The van der Waals surface area contributed by atoms with E-state index in [0.29, 0.717) is 12.4 Å². The van der Waals surface area contributed by atoms with Crippen molar-refractivity contribution in [2.45, 2.75) is 12.3 Å². The lowest BCUT2D eigenvalue weighted by molar-refractivity contribution is -0.145. The number of rotatable bonds is 5. The van der Waals surface area contributed by atoms with Crippen molar-refractivity contribution in [1.82, 2.24) is 0 Å². The average Bonchev–Trinajstić information content (AvgIpc) is 2.27. The monoisotopic (exact) mass is 272 g/mol. The lowest BCUT2D eigenvalue weighted by Crippen LogP contribution is -2.14. The van der Waals surface area contributed by atoms with Crippen LogP contribution in [0.25, 0.3) is 0 Å². The lowest BCUT2D eigenvalue weighted by Gasteiger charge is -2.06. The molecule has 1 aromatic rings. The topological polar surface area (TPSA) is 35.5 Å². The number of hydrogen-bond donors (Lipinski definition) is 0. The van der Waals surface area contributed by atoms with Gasteiger partial charge in [0.1, 0.15) is 5.75 Å². The van der Waals surface area contributed by atoms with E-state index in [-0.39, 0.29) is 12.6 Å². The zero-order valence-electron chi connectivity index (χ0n) is 8.53. The molecule has 0 radical (unpaired) electrons. The fraction of sp³-hybridized carbons (Fsp3) is 0.364. The number of esters is 1. The van der Waals surface area contributed by atoms with Gasteiger partial charge in [0.25, 0.3) is 0 Å². The predicted octanol–water partition coefficient (Wildman–Crippen LogP) is 2.52. The maximum absolute atomic E-state index is 11.0. The van der Waals surface area contributed by atoms with E-state index in [1.165, 1.54) is 0 Å². The van der Waals surface area contributed by atoms with Gasteiger partial charge in [0, 0.05) is 5.33 Å². The Morgan fingerprint density at radius 3 is 2.93 bits per heavy atom. The second-order valence-electron chi connectivity index (χ2n) is 2.87. The molecule has 0 atom stereocenters. The molecule has 15 heavy (non-hydrogen) atoms. The highest BCUT2D eigenvalue weighted by atomic mass is 79.9. The Labute approximate surface area is 97.5 Å². The Morgan fingerprint density at radius 2 is 2.27 bits per heavy atom. The van der Waals surface area contributed by atoms with E-state index in [2.05, 4.69) is 15.9 Å². The summed E-state index contributed by atoms with van der Waals surface area (Å²) < 4.78 is 10.0. The molecule has 0 saturated carbocycles. The van der Waals surface area contributed by atoms with E-state index in [9.17, 15) is 4.79 Å². The molecule has 0 aromatic heterocycles. The highest BCUT2D eigenvalue weighted by Crippen LogP contribution is 2.15. The summed E-state index contributed by atoms with van der Waals surface area (Å²) in [6.45, 7) is 2.10. The number of ether oxygens (including phenoxy) is 2. The molecule has 4 heteroatoms. The molecule has 0 unspecified atom stereocenters. The van der Waals surface area contributed by atoms with Crippen molar-refractivity contribution in [1.29, 1.82) is 0 Å². The minimum Gasteiger partial charge on any atom is -0.482 e. The van der Waals surface area contributed by atoms with Gasteiger partial charge in [-0.15, -0.1) is 0 Å². The van der Waals surface area contributed by atoms with Crippen LogP contribution in [0.1, 0.15) is 12.5 Å². The van der Waals surface area contributed by atoms with Crippen LogP contribution in [0.5, 0.6) is 5.75 Å². The van der Waals surface area contributed by atoms with Gasteiger partial charge in [-0.2, -0.15) is 0 Å². The minimum atomic E-state index is -0.346. The first-order chi connectivity index (χ1) is 7.26. The zero-order valence-corrected chi connectivity index (χ0v) is 10.1. The van der Waals surface area contributed by atoms with Crippen LogP contribution in [0.15, 0.2) is 24.3 Å². The Kier molecular flexibility index (Phi) is 5.18. The Morgan fingerprint density at radius 1 is 1.47 bits per heavy atom. The summed E-state index contributed by atoms with van der Waals surface area (Å²) in [5, 5.41) is 0.767. The van der Waals surface area contributed by atoms with Gasteiger partial charge in [-0.3, -0.25) is 0 Å². The van der Waals surface area contributed by atoms with E-state index >= 15 is 0 Å². The molecular formula is C11H13BrO3. The van der Waals surface area contributed by atoms with E-state index in [1.54, 1.807) is 6.92 Å². The van der Waals surface area contributed by atoms with E-state index in [0.717, 1.165) is 10.9 Å².